The quantitative estimate of drug-likeness (QED) is 0.681. The van der Waals surface area contributed by atoms with Gasteiger partial charge in [-0.1, -0.05) is 45.1 Å². The van der Waals surface area contributed by atoms with Gasteiger partial charge >= 0.3 is 6.01 Å². The Hall–Kier alpha value is -1.10. The molecule has 0 fully saturated rings. The molecule has 0 saturated carbocycles. The molecule has 1 heterocycles. The summed E-state index contributed by atoms with van der Waals surface area (Å²) in [5, 5.41) is 14.6. The summed E-state index contributed by atoms with van der Waals surface area (Å²) in [6.07, 6.45) is 4.98. The van der Waals surface area contributed by atoms with Crippen molar-refractivity contribution in [1.29, 1.82) is 0 Å². The topological polar surface area (TPSA) is 63.0 Å². The summed E-state index contributed by atoms with van der Waals surface area (Å²) < 4.78 is 5.60. The number of hydrogen-bond acceptors (Lipinski definition) is 5. The third kappa shape index (κ3) is 5.59. The van der Waals surface area contributed by atoms with Crippen molar-refractivity contribution >= 4 is 6.01 Å². The zero-order valence-corrected chi connectivity index (χ0v) is 12.7. The van der Waals surface area contributed by atoms with Gasteiger partial charge in [0.05, 0.1) is 6.04 Å². The van der Waals surface area contributed by atoms with Gasteiger partial charge in [0.15, 0.2) is 0 Å². The fourth-order valence-electron chi connectivity index (χ4n) is 2.05. The number of unbranched alkanes of at least 4 members (excludes halogenated alkanes) is 1. The van der Waals surface area contributed by atoms with Gasteiger partial charge in [-0.15, -0.1) is 5.10 Å². The molecule has 0 aliphatic carbocycles. The van der Waals surface area contributed by atoms with Crippen LogP contribution in [0.5, 0.6) is 0 Å². The number of nitrogens with zero attached hydrogens (tertiary/aromatic N) is 2. The summed E-state index contributed by atoms with van der Waals surface area (Å²) in [7, 11) is 0. The molecule has 5 heteroatoms. The first-order valence-electron chi connectivity index (χ1n) is 7.51. The first-order valence-corrected chi connectivity index (χ1v) is 7.51. The van der Waals surface area contributed by atoms with E-state index in [4.69, 9.17) is 4.42 Å². The van der Waals surface area contributed by atoms with Crippen LogP contribution in [0.1, 0.15) is 65.3 Å². The van der Waals surface area contributed by atoms with E-state index in [9.17, 15) is 0 Å². The predicted molar refractivity (Wildman–Crippen MR) is 78.2 cm³/mol. The fraction of sp³-hybridized carbons (Fsp3) is 0.857. The molecule has 2 unspecified atom stereocenters. The maximum Gasteiger partial charge on any atom is 0.315 e. The van der Waals surface area contributed by atoms with Gasteiger partial charge < -0.3 is 15.1 Å². The predicted octanol–water partition coefficient (Wildman–Crippen LogP) is 3.37. The van der Waals surface area contributed by atoms with Crippen LogP contribution in [0.15, 0.2) is 4.42 Å². The summed E-state index contributed by atoms with van der Waals surface area (Å²) in [5.74, 6) is 1.33. The first-order chi connectivity index (χ1) is 9.21. The van der Waals surface area contributed by atoms with Crippen molar-refractivity contribution in [2.75, 3.05) is 18.4 Å². The van der Waals surface area contributed by atoms with E-state index in [0.717, 1.165) is 13.1 Å². The van der Waals surface area contributed by atoms with Crippen LogP contribution in [0.4, 0.5) is 6.01 Å². The number of hydrogen-bond donors (Lipinski definition) is 2. The number of nitrogens with one attached hydrogen (secondary N) is 2. The zero-order valence-electron chi connectivity index (χ0n) is 12.7. The van der Waals surface area contributed by atoms with Crippen molar-refractivity contribution in [2.45, 2.75) is 59.4 Å². The highest BCUT2D eigenvalue weighted by atomic mass is 16.4. The lowest BCUT2D eigenvalue weighted by Crippen LogP contribution is -2.17. The van der Waals surface area contributed by atoms with Crippen LogP contribution in [0, 0.1) is 5.92 Å². The molecule has 0 aliphatic rings. The van der Waals surface area contributed by atoms with Crippen molar-refractivity contribution in [1.82, 2.24) is 15.5 Å². The molecule has 2 atom stereocenters. The summed E-state index contributed by atoms with van der Waals surface area (Å²) >= 11 is 0. The standard InChI is InChI=1S/C14H28N4O/c1-5-8-9-12(6-2)10-16-14-18-17-13(19-14)11(4)15-7-3/h11-12,15H,5-10H2,1-4H3,(H,16,18). The number of aromatic nitrogens is 2. The van der Waals surface area contributed by atoms with Gasteiger partial charge in [0, 0.05) is 6.54 Å². The van der Waals surface area contributed by atoms with E-state index < -0.39 is 0 Å². The van der Waals surface area contributed by atoms with Crippen molar-refractivity contribution in [3.63, 3.8) is 0 Å². The van der Waals surface area contributed by atoms with Crippen molar-refractivity contribution in [2.24, 2.45) is 5.92 Å². The van der Waals surface area contributed by atoms with Crippen LogP contribution < -0.4 is 10.6 Å². The lowest BCUT2D eigenvalue weighted by molar-refractivity contribution is 0.421. The summed E-state index contributed by atoms with van der Waals surface area (Å²) in [5.41, 5.74) is 0. The molecule has 0 aromatic carbocycles. The summed E-state index contributed by atoms with van der Waals surface area (Å²) in [6, 6.07) is 0.643. The molecule has 0 radical (unpaired) electrons. The number of rotatable bonds is 10. The maximum absolute atomic E-state index is 5.60. The third-order valence-corrected chi connectivity index (χ3v) is 3.41. The van der Waals surface area contributed by atoms with Gasteiger partial charge in [-0.05, 0) is 25.8 Å². The average molecular weight is 268 g/mol. The van der Waals surface area contributed by atoms with Gasteiger partial charge in [-0.3, -0.25) is 0 Å². The monoisotopic (exact) mass is 268 g/mol. The summed E-state index contributed by atoms with van der Waals surface area (Å²) in [6.45, 7) is 10.3. The van der Waals surface area contributed by atoms with Gasteiger partial charge in [0.25, 0.3) is 0 Å². The van der Waals surface area contributed by atoms with Gasteiger partial charge in [0.1, 0.15) is 0 Å². The van der Waals surface area contributed by atoms with Crippen LogP contribution >= 0.6 is 0 Å². The molecule has 0 amide bonds. The second-order valence-electron chi connectivity index (χ2n) is 5.02. The first kappa shape index (κ1) is 16.0. The van der Waals surface area contributed by atoms with E-state index in [1.54, 1.807) is 0 Å². The Kier molecular flexibility index (Phi) is 7.48. The maximum atomic E-state index is 5.60. The Morgan fingerprint density at radius 3 is 2.63 bits per heavy atom. The van der Waals surface area contributed by atoms with E-state index in [2.05, 4.69) is 41.6 Å². The molecule has 2 N–H and O–H groups in total. The second kappa shape index (κ2) is 8.91. The molecule has 0 spiro atoms. The van der Waals surface area contributed by atoms with Crippen LogP contribution in [0.3, 0.4) is 0 Å². The lowest BCUT2D eigenvalue weighted by Gasteiger charge is -2.13. The molecule has 0 bridgehead atoms. The molecule has 110 valence electrons. The van der Waals surface area contributed by atoms with E-state index >= 15 is 0 Å². The van der Waals surface area contributed by atoms with Crippen LogP contribution in [0.25, 0.3) is 0 Å². The molecular formula is C14H28N4O. The van der Waals surface area contributed by atoms with E-state index in [-0.39, 0.29) is 6.04 Å². The summed E-state index contributed by atoms with van der Waals surface area (Å²) in [4.78, 5) is 0. The van der Waals surface area contributed by atoms with E-state index in [1.165, 1.54) is 25.7 Å². The van der Waals surface area contributed by atoms with Crippen LogP contribution in [-0.4, -0.2) is 23.3 Å². The van der Waals surface area contributed by atoms with Crippen molar-refractivity contribution in [3.05, 3.63) is 5.89 Å². The molecule has 5 nitrogen and oxygen atoms in total. The van der Waals surface area contributed by atoms with E-state index in [0.29, 0.717) is 17.8 Å². The fourth-order valence-corrected chi connectivity index (χ4v) is 2.05. The minimum absolute atomic E-state index is 0.107. The highest BCUT2D eigenvalue weighted by Gasteiger charge is 2.13. The second-order valence-corrected chi connectivity index (χ2v) is 5.02. The third-order valence-electron chi connectivity index (χ3n) is 3.41. The Morgan fingerprint density at radius 2 is 2.00 bits per heavy atom. The Morgan fingerprint density at radius 1 is 1.21 bits per heavy atom. The van der Waals surface area contributed by atoms with Crippen LogP contribution in [-0.2, 0) is 0 Å². The van der Waals surface area contributed by atoms with Crippen molar-refractivity contribution in [3.8, 4) is 0 Å². The SMILES string of the molecule is CCCCC(CC)CNc1nnc(C(C)NCC)o1. The molecule has 1 rings (SSSR count). The Balaban J connectivity index is 2.40. The lowest BCUT2D eigenvalue weighted by atomic mass is 10.00. The zero-order chi connectivity index (χ0) is 14.1. The molecular weight excluding hydrogens is 240 g/mol. The molecule has 1 aromatic rings. The Labute approximate surface area is 116 Å². The average Bonchev–Trinajstić information content (AvgIpc) is 2.88. The minimum atomic E-state index is 0.107. The molecule has 0 saturated heterocycles. The van der Waals surface area contributed by atoms with Gasteiger partial charge in [-0.2, -0.15) is 0 Å². The largest absolute Gasteiger partial charge is 0.406 e. The van der Waals surface area contributed by atoms with Crippen LogP contribution in [0.2, 0.25) is 0 Å². The van der Waals surface area contributed by atoms with Gasteiger partial charge in [-0.25, -0.2) is 0 Å². The molecule has 19 heavy (non-hydrogen) atoms. The van der Waals surface area contributed by atoms with Gasteiger partial charge in [0.2, 0.25) is 5.89 Å². The molecule has 0 aliphatic heterocycles. The normalized spacial score (nSPS) is 14.3. The highest BCUT2D eigenvalue weighted by Crippen LogP contribution is 2.16. The van der Waals surface area contributed by atoms with E-state index in [1.807, 2.05) is 6.92 Å². The minimum Gasteiger partial charge on any atom is -0.406 e. The van der Waals surface area contributed by atoms with Crippen molar-refractivity contribution < 1.29 is 4.42 Å². The highest BCUT2D eigenvalue weighted by molar-refractivity contribution is 5.17. The Bertz CT molecular complexity index is 340. The molecule has 1 aromatic heterocycles. The number of anilines is 1. The smallest absolute Gasteiger partial charge is 0.315 e.